The lowest BCUT2D eigenvalue weighted by Gasteiger charge is -2.29. The van der Waals surface area contributed by atoms with E-state index >= 15 is 0 Å². The predicted molar refractivity (Wildman–Crippen MR) is 82.3 cm³/mol. The largest absolute Gasteiger partial charge is 0.489 e. The fraction of sp³-hybridized carbons (Fsp3) is 0.200. The van der Waals surface area contributed by atoms with Crippen molar-refractivity contribution < 1.29 is 9.53 Å². The Balaban J connectivity index is 1.85. The van der Waals surface area contributed by atoms with Crippen LogP contribution in [-0.4, -0.2) is 24.0 Å². The third-order valence-electron chi connectivity index (χ3n) is 3.27. The fourth-order valence-electron chi connectivity index (χ4n) is 2.26. The lowest BCUT2D eigenvalue weighted by atomic mass is 10.1. The second-order valence-electron chi connectivity index (χ2n) is 4.65. The molecule has 0 spiro atoms. The number of hydrogen-bond donors (Lipinski definition) is 0. The van der Waals surface area contributed by atoms with E-state index in [9.17, 15) is 4.79 Å². The quantitative estimate of drug-likeness (QED) is 0.851. The van der Waals surface area contributed by atoms with Gasteiger partial charge in [0, 0.05) is 22.3 Å². The average molecular weight is 323 g/mol. The highest BCUT2D eigenvalue weighted by Crippen LogP contribution is 2.31. The minimum atomic E-state index is -0.0586. The number of ether oxygens (including phenoxy) is 1. The summed E-state index contributed by atoms with van der Waals surface area (Å²) in [5.41, 5.74) is 1.40. The predicted octanol–water partition coefficient (Wildman–Crippen LogP) is 3.36. The van der Waals surface area contributed by atoms with Gasteiger partial charge in [-0.2, -0.15) is 0 Å². The van der Waals surface area contributed by atoms with Crippen LogP contribution in [0, 0.1) is 0 Å². The van der Waals surface area contributed by atoms with Crippen molar-refractivity contribution in [1.82, 2.24) is 4.98 Å². The second-order valence-corrected chi connectivity index (χ2v) is 5.49. The summed E-state index contributed by atoms with van der Waals surface area (Å²) in [7, 11) is 0. The molecule has 0 aliphatic carbocycles. The number of hydrogen-bond acceptors (Lipinski definition) is 3. The lowest BCUT2D eigenvalue weighted by Crippen LogP contribution is -2.39. The molecule has 1 aliphatic heterocycles. The number of fused-ring (bicyclic) bond motifs is 1. The van der Waals surface area contributed by atoms with Gasteiger partial charge in [0.15, 0.2) is 0 Å². The van der Waals surface area contributed by atoms with Gasteiger partial charge >= 0.3 is 0 Å². The Kier molecular flexibility index (Phi) is 3.99. The van der Waals surface area contributed by atoms with Gasteiger partial charge in [-0.25, -0.2) is 0 Å². The van der Waals surface area contributed by atoms with E-state index < -0.39 is 0 Å². The molecule has 0 bridgehead atoms. The van der Waals surface area contributed by atoms with Crippen LogP contribution in [-0.2, 0) is 11.2 Å². The summed E-state index contributed by atoms with van der Waals surface area (Å²) in [5.74, 6) is 0.610. The fourth-order valence-corrected chi connectivity index (χ4v) is 2.64. The van der Waals surface area contributed by atoms with Gasteiger partial charge in [-0.3, -0.25) is 9.78 Å². The van der Waals surface area contributed by atoms with Gasteiger partial charge in [0.05, 0.1) is 19.2 Å². The smallest absolute Gasteiger partial charge is 0.231 e. The third kappa shape index (κ3) is 2.96. The van der Waals surface area contributed by atoms with Crippen LogP contribution in [0.4, 0.5) is 5.69 Å². The molecule has 1 aliphatic rings. The number of carbonyl (C=O) groups is 1. The van der Waals surface area contributed by atoms with Gasteiger partial charge < -0.3 is 9.64 Å². The zero-order valence-corrected chi connectivity index (χ0v) is 12.6. The Hall–Kier alpha value is -1.78. The number of amides is 1. The molecule has 4 nitrogen and oxygen atoms in total. The molecule has 0 fully saturated rings. The summed E-state index contributed by atoms with van der Waals surface area (Å²) in [6.45, 7) is 0.960. The minimum absolute atomic E-state index is 0.0586. The lowest BCUT2D eigenvalue weighted by molar-refractivity contribution is -0.118. The van der Waals surface area contributed by atoms with Crippen molar-refractivity contribution in [3.63, 3.8) is 0 Å². The molecule has 2 aromatic rings. The first kappa shape index (κ1) is 14.2. The highest BCUT2D eigenvalue weighted by atomic mass is 35.5. The van der Waals surface area contributed by atoms with Crippen molar-refractivity contribution in [3.05, 3.63) is 52.3 Å². The van der Waals surface area contributed by atoms with Crippen molar-refractivity contribution >= 4 is 34.8 Å². The Morgan fingerprint density at radius 1 is 1.33 bits per heavy atom. The molecule has 1 aromatic heterocycles. The maximum absolute atomic E-state index is 12.5. The zero-order valence-electron chi connectivity index (χ0n) is 11.1. The van der Waals surface area contributed by atoms with Crippen molar-refractivity contribution in [3.8, 4) is 5.75 Å². The molecule has 0 atom stereocenters. The molecule has 1 aromatic carbocycles. The molecule has 0 saturated carbocycles. The van der Waals surface area contributed by atoms with Gasteiger partial charge in [-0.1, -0.05) is 23.2 Å². The van der Waals surface area contributed by atoms with Crippen molar-refractivity contribution in [2.24, 2.45) is 0 Å². The van der Waals surface area contributed by atoms with Gasteiger partial charge in [-0.05, 0) is 23.8 Å². The molecule has 21 heavy (non-hydrogen) atoms. The Morgan fingerprint density at radius 3 is 3.05 bits per heavy atom. The number of halogens is 2. The van der Waals surface area contributed by atoms with E-state index in [4.69, 9.17) is 27.9 Å². The van der Waals surface area contributed by atoms with E-state index in [1.54, 1.807) is 41.6 Å². The van der Waals surface area contributed by atoms with Crippen LogP contribution in [0.25, 0.3) is 0 Å². The highest BCUT2D eigenvalue weighted by Gasteiger charge is 2.24. The first-order valence-corrected chi connectivity index (χ1v) is 7.22. The van der Waals surface area contributed by atoms with E-state index in [1.165, 1.54) is 0 Å². The van der Waals surface area contributed by atoms with Crippen LogP contribution in [0.15, 0.2) is 36.7 Å². The molecule has 0 radical (unpaired) electrons. The van der Waals surface area contributed by atoms with E-state index in [1.807, 2.05) is 0 Å². The van der Waals surface area contributed by atoms with Crippen LogP contribution < -0.4 is 9.64 Å². The van der Waals surface area contributed by atoms with Crippen LogP contribution >= 0.6 is 23.2 Å². The van der Waals surface area contributed by atoms with Crippen molar-refractivity contribution in [1.29, 1.82) is 0 Å². The number of anilines is 1. The standard InChI is InChI=1S/C15H12Cl2N2O2/c16-11-1-2-12(17)10(7-11)8-15(20)19-5-6-21-14-3-4-18-9-13(14)19/h1-4,7,9H,5-6,8H2. The van der Waals surface area contributed by atoms with Crippen LogP contribution in [0.5, 0.6) is 5.75 Å². The van der Waals surface area contributed by atoms with E-state index in [0.717, 1.165) is 0 Å². The Bertz CT molecular complexity index is 691. The van der Waals surface area contributed by atoms with Gasteiger partial charge in [0.2, 0.25) is 5.91 Å². The number of nitrogens with zero attached hydrogens (tertiary/aromatic N) is 2. The minimum Gasteiger partial charge on any atom is -0.489 e. The second kappa shape index (κ2) is 5.92. The SMILES string of the molecule is O=C(Cc1cc(Cl)ccc1Cl)N1CCOc2ccncc21. The monoisotopic (exact) mass is 322 g/mol. The highest BCUT2D eigenvalue weighted by molar-refractivity contribution is 6.33. The first-order valence-electron chi connectivity index (χ1n) is 6.46. The van der Waals surface area contributed by atoms with Crippen molar-refractivity contribution in [2.45, 2.75) is 6.42 Å². The molecule has 2 heterocycles. The molecule has 3 rings (SSSR count). The van der Waals surface area contributed by atoms with Gasteiger partial charge in [-0.15, -0.1) is 0 Å². The summed E-state index contributed by atoms with van der Waals surface area (Å²) in [6.07, 6.45) is 3.46. The molecule has 108 valence electrons. The number of carbonyl (C=O) groups excluding carboxylic acids is 1. The van der Waals surface area contributed by atoms with Crippen LogP contribution in [0.2, 0.25) is 10.0 Å². The number of rotatable bonds is 2. The summed E-state index contributed by atoms with van der Waals surface area (Å²) < 4.78 is 5.52. The summed E-state index contributed by atoms with van der Waals surface area (Å²) >= 11 is 12.1. The molecule has 0 N–H and O–H groups in total. The normalized spacial score (nSPS) is 13.5. The summed E-state index contributed by atoms with van der Waals surface area (Å²) in [4.78, 5) is 18.3. The molecule has 6 heteroatoms. The van der Waals surface area contributed by atoms with Crippen molar-refractivity contribution in [2.75, 3.05) is 18.1 Å². The first-order chi connectivity index (χ1) is 10.1. The maximum atomic E-state index is 12.5. The van der Waals surface area contributed by atoms with Gasteiger partial charge in [0.1, 0.15) is 18.0 Å². The summed E-state index contributed by atoms with van der Waals surface area (Å²) in [6, 6.07) is 6.86. The molecule has 0 unspecified atom stereocenters. The third-order valence-corrected chi connectivity index (χ3v) is 3.88. The molecule has 1 amide bonds. The van der Waals surface area contributed by atoms with Crippen LogP contribution in [0.3, 0.4) is 0 Å². The molecule has 0 saturated heterocycles. The number of aromatic nitrogens is 1. The maximum Gasteiger partial charge on any atom is 0.231 e. The van der Waals surface area contributed by atoms with E-state index in [2.05, 4.69) is 4.98 Å². The Labute approximate surface area is 132 Å². The van der Waals surface area contributed by atoms with Crippen LogP contribution in [0.1, 0.15) is 5.56 Å². The van der Waals surface area contributed by atoms with E-state index in [0.29, 0.717) is 40.2 Å². The molecular formula is C15H12Cl2N2O2. The van der Waals surface area contributed by atoms with Gasteiger partial charge in [0.25, 0.3) is 0 Å². The number of pyridine rings is 1. The van der Waals surface area contributed by atoms with E-state index in [-0.39, 0.29) is 12.3 Å². The molecular weight excluding hydrogens is 311 g/mol. The number of benzene rings is 1. The zero-order chi connectivity index (χ0) is 14.8. The topological polar surface area (TPSA) is 42.4 Å². The summed E-state index contributed by atoms with van der Waals surface area (Å²) in [5, 5.41) is 1.10. The average Bonchev–Trinajstić information content (AvgIpc) is 2.50. The Morgan fingerprint density at radius 2 is 2.19 bits per heavy atom.